The van der Waals surface area contributed by atoms with Gasteiger partial charge >= 0.3 is 0 Å². The van der Waals surface area contributed by atoms with E-state index >= 15 is 0 Å². The maximum absolute atomic E-state index is 11.3. The Hall–Kier alpha value is -0.390. The summed E-state index contributed by atoms with van der Waals surface area (Å²) >= 11 is 5.24. The fourth-order valence-electron chi connectivity index (χ4n) is 1.64. The van der Waals surface area contributed by atoms with E-state index in [0.29, 0.717) is 6.54 Å². The molecule has 2 heterocycles. The Balaban J connectivity index is 1.98. The van der Waals surface area contributed by atoms with Gasteiger partial charge in [-0.1, -0.05) is 0 Å². The molecule has 5 heteroatoms. The fraction of sp³-hybridized carbons (Fsp3) is 0.500. The minimum atomic E-state index is 0.139. The van der Waals surface area contributed by atoms with Crippen molar-refractivity contribution < 1.29 is 4.79 Å². The molecule has 0 spiro atoms. The van der Waals surface area contributed by atoms with E-state index in [-0.39, 0.29) is 5.91 Å². The van der Waals surface area contributed by atoms with E-state index in [4.69, 9.17) is 0 Å². The molecule has 2 rings (SSSR count). The van der Waals surface area contributed by atoms with E-state index in [1.54, 1.807) is 11.3 Å². The highest BCUT2D eigenvalue weighted by molar-refractivity contribution is 9.10. The van der Waals surface area contributed by atoms with E-state index in [2.05, 4.69) is 37.6 Å². The molecule has 0 saturated carbocycles. The van der Waals surface area contributed by atoms with Crippen LogP contribution in [-0.4, -0.2) is 30.4 Å². The van der Waals surface area contributed by atoms with Crippen LogP contribution in [0.3, 0.4) is 0 Å². The molecule has 1 aliphatic heterocycles. The first-order valence-corrected chi connectivity index (χ1v) is 6.64. The van der Waals surface area contributed by atoms with Crippen molar-refractivity contribution in [3.05, 3.63) is 20.8 Å². The van der Waals surface area contributed by atoms with Gasteiger partial charge in [-0.25, -0.2) is 0 Å². The first-order chi connectivity index (χ1) is 7.25. The Bertz CT molecular complexity index is 353. The quantitative estimate of drug-likeness (QED) is 0.901. The van der Waals surface area contributed by atoms with Gasteiger partial charge in [0.2, 0.25) is 5.91 Å². The summed E-state index contributed by atoms with van der Waals surface area (Å²) in [6, 6.07) is 2.05. The summed E-state index contributed by atoms with van der Waals surface area (Å²) in [5, 5.41) is 4.95. The molecule has 82 valence electrons. The Morgan fingerprint density at radius 2 is 2.47 bits per heavy atom. The molecule has 1 aromatic heterocycles. The lowest BCUT2D eigenvalue weighted by molar-refractivity contribution is -0.121. The second-order valence-corrected chi connectivity index (χ2v) is 5.46. The Morgan fingerprint density at radius 1 is 1.60 bits per heavy atom. The molecule has 0 unspecified atom stereocenters. The average molecular weight is 289 g/mol. The number of rotatable bonds is 2. The molecule has 1 aliphatic rings. The zero-order valence-electron chi connectivity index (χ0n) is 8.33. The minimum Gasteiger partial charge on any atom is -0.355 e. The summed E-state index contributed by atoms with van der Waals surface area (Å²) in [6.07, 6.45) is 1.04. The fourth-order valence-corrected chi connectivity index (χ4v) is 3.16. The standard InChI is InChI=1S/C10H13BrN2OS/c11-8-2-5-15-9(8)6-13-4-1-3-12-10(14)7-13/h2,5H,1,3-4,6-7H2,(H,12,14). The summed E-state index contributed by atoms with van der Waals surface area (Å²) in [4.78, 5) is 14.8. The molecule has 0 aliphatic carbocycles. The highest BCUT2D eigenvalue weighted by Crippen LogP contribution is 2.24. The van der Waals surface area contributed by atoms with Crippen LogP contribution in [0.15, 0.2) is 15.9 Å². The topological polar surface area (TPSA) is 32.3 Å². The summed E-state index contributed by atoms with van der Waals surface area (Å²) in [7, 11) is 0. The highest BCUT2D eigenvalue weighted by atomic mass is 79.9. The van der Waals surface area contributed by atoms with Crippen molar-refractivity contribution in [3.63, 3.8) is 0 Å². The van der Waals surface area contributed by atoms with Gasteiger partial charge in [-0.05, 0) is 33.8 Å². The summed E-state index contributed by atoms with van der Waals surface area (Å²) in [5.41, 5.74) is 0. The number of halogens is 1. The number of carbonyl (C=O) groups excluding carboxylic acids is 1. The normalized spacial score (nSPS) is 18.6. The molecule has 1 saturated heterocycles. The van der Waals surface area contributed by atoms with Crippen molar-refractivity contribution >= 4 is 33.2 Å². The first kappa shape index (κ1) is 11.1. The van der Waals surface area contributed by atoms with E-state index in [0.717, 1.165) is 30.5 Å². The Morgan fingerprint density at radius 3 is 3.20 bits per heavy atom. The molecule has 0 radical (unpaired) electrons. The third-order valence-electron chi connectivity index (χ3n) is 2.40. The molecule has 0 aromatic carbocycles. The molecule has 0 atom stereocenters. The van der Waals surface area contributed by atoms with Crippen LogP contribution >= 0.6 is 27.3 Å². The van der Waals surface area contributed by atoms with Gasteiger partial charge in [-0.15, -0.1) is 11.3 Å². The zero-order valence-corrected chi connectivity index (χ0v) is 10.7. The lowest BCUT2D eigenvalue weighted by Crippen LogP contribution is -2.32. The van der Waals surface area contributed by atoms with Crippen LogP contribution < -0.4 is 5.32 Å². The van der Waals surface area contributed by atoms with Crippen LogP contribution in [0.1, 0.15) is 11.3 Å². The molecule has 1 aromatic rings. The lowest BCUT2D eigenvalue weighted by Gasteiger charge is -2.17. The summed E-state index contributed by atoms with van der Waals surface area (Å²) in [6.45, 7) is 3.18. The molecular formula is C10H13BrN2OS. The van der Waals surface area contributed by atoms with E-state index < -0.39 is 0 Å². The molecule has 3 nitrogen and oxygen atoms in total. The van der Waals surface area contributed by atoms with Crippen LogP contribution in [0.5, 0.6) is 0 Å². The van der Waals surface area contributed by atoms with Crippen LogP contribution in [0.2, 0.25) is 0 Å². The molecular weight excluding hydrogens is 276 g/mol. The van der Waals surface area contributed by atoms with Gasteiger partial charge in [0, 0.05) is 29.0 Å². The van der Waals surface area contributed by atoms with Crippen LogP contribution in [0.25, 0.3) is 0 Å². The van der Waals surface area contributed by atoms with Crippen molar-refractivity contribution in [2.45, 2.75) is 13.0 Å². The maximum Gasteiger partial charge on any atom is 0.234 e. The van der Waals surface area contributed by atoms with Crippen molar-refractivity contribution in [3.8, 4) is 0 Å². The second kappa shape index (κ2) is 5.09. The number of thiophene rings is 1. The Labute approximate surface area is 102 Å². The molecule has 1 fully saturated rings. The van der Waals surface area contributed by atoms with Gasteiger partial charge in [-0.3, -0.25) is 9.69 Å². The zero-order chi connectivity index (χ0) is 10.7. The van der Waals surface area contributed by atoms with Gasteiger partial charge in [0.15, 0.2) is 0 Å². The number of hydrogen-bond acceptors (Lipinski definition) is 3. The predicted octanol–water partition coefficient (Wildman–Crippen LogP) is 1.83. The predicted molar refractivity (Wildman–Crippen MR) is 64.9 cm³/mol. The lowest BCUT2D eigenvalue weighted by atomic mass is 10.3. The van der Waals surface area contributed by atoms with Gasteiger partial charge in [0.05, 0.1) is 6.54 Å². The van der Waals surface area contributed by atoms with Crippen molar-refractivity contribution in [1.29, 1.82) is 0 Å². The number of amides is 1. The van der Waals surface area contributed by atoms with E-state index in [9.17, 15) is 4.79 Å². The van der Waals surface area contributed by atoms with Crippen molar-refractivity contribution in [2.24, 2.45) is 0 Å². The van der Waals surface area contributed by atoms with Crippen molar-refractivity contribution in [1.82, 2.24) is 10.2 Å². The molecule has 1 N–H and O–H groups in total. The Kier molecular flexibility index (Phi) is 3.77. The molecule has 15 heavy (non-hydrogen) atoms. The third kappa shape index (κ3) is 3.03. The van der Waals surface area contributed by atoms with Crippen molar-refractivity contribution in [2.75, 3.05) is 19.6 Å². The smallest absolute Gasteiger partial charge is 0.234 e. The molecule has 1 amide bonds. The van der Waals surface area contributed by atoms with Crippen LogP contribution in [0, 0.1) is 0 Å². The highest BCUT2D eigenvalue weighted by Gasteiger charge is 2.15. The van der Waals surface area contributed by atoms with Gasteiger partial charge in [0.1, 0.15) is 0 Å². The maximum atomic E-state index is 11.3. The number of nitrogens with zero attached hydrogens (tertiary/aromatic N) is 1. The number of carbonyl (C=O) groups is 1. The monoisotopic (exact) mass is 288 g/mol. The van der Waals surface area contributed by atoms with E-state index in [1.165, 1.54) is 4.88 Å². The van der Waals surface area contributed by atoms with Crippen LogP contribution in [-0.2, 0) is 11.3 Å². The van der Waals surface area contributed by atoms with Gasteiger partial charge in [0.25, 0.3) is 0 Å². The average Bonchev–Trinajstić information content (AvgIpc) is 2.48. The van der Waals surface area contributed by atoms with Crippen LogP contribution in [0.4, 0.5) is 0 Å². The third-order valence-corrected chi connectivity index (χ3v) is 4.31. The number of nitrogens with one attached hydrogen (secondary N) is 1. The largest absolute Gasteiger partial charge is 0.355 e. The van der Waals surface area contributed by atoms with Gasteiger partial charge in [-0.2, -0.15) is 0 Å². The molecule has 0 bridgehead atoms. The minimum absolute atomic E-state index is 0.139. The summed E-state index contributed by atoms with van der Waals surface area (Å²) in [5.74, 6) is 0.139. The first-order valence-electron chi connectivity index (χ1n) is 4.96. The van der Waals surface area contributed by atoms with E-state index in [1.807, 2.05) is 0 Å². The second-order valence-electron chi connectivity index (χ2n) is 3.61. The number of hydrogen-bond donors (Lipinski definition) is 1. The SMILES string of the molecule is O=C1CN(Cc2sccc2Br)CCCN1. The summed E-state index contributed by atoms with van der Waals surface area (Å²) < 4.78 is 1.15. The van der Waals surface area contributed by atoms with Gasteiger partial charge < -0.3 is 5.32 Å².